The number of aromatic amines is 1. The van der Waals surface area contributed by atoms with E-state index in [-0.39, 0.29) is 12.5 Å². The molecule has 158 valence electrons. The van der Waals surface area contributed by atoms with Gasteiger partial charge in [0.1, 0.15) is 6.61 Å². The fourth-order valence-corrected chi connectivity index (χ4v) is 3.49. The summed E-state index contributed by atoms with van der Waals surface area (Å²) in [6.07, 6.45) is 1.67. The van der Waals surface area contributed by atoms with Crippen LogP contribution < -0.4 is 9.47 Å². The molecule has 3 rings (SSSR count). The summed E-state index contributed by atoms with van der Waals surface area (Å²) in [5.41, 5.74) is 1.41. The molecule has 6 nitrogen and oxygen atoms in total. The summed E-state index contributed by atoms with van der Waals surface area (Å²) in [7, 11) is 1.56. The van der Waals surface area contributed by atoms with Crippen molar-refractivity contribution in [2.75, 3.05) is 7.11 Å². The van der Waals surface area contributed by atoms with Gasteiger partial charge in [-0.25, -0.2) is 0 Å². The van der Waals surface area contributed by atoms with Crippen molar-refractivity contribution in [1.29, 1.82) is 0 Å². The standard InChI is InChI=1S/C20H19Cl3N4O2S/c1-11(2)19-25-26-20(30)27(19)24-9-12-4-7-16(17(8-12)28-3)29-10-13-14(21)5-6-15(22)18(13)23/h4-9,11H,10H2,1-3H3,(H,26,30)/b24-9-. The molecule has 0 saturated heterocycles. The van der Waals surface area contributed by atoms with Crippen LogP contribution in [0.15, 0.2) is 35.4 Å². The Morgan fingerprint density at radius 1 is 1.17 bits per heavy atom. The number of hydrogen-bond donors (Lipinski definition) is 1. The molecule has 0 aliphatic heterocycles. The van der Waals surface area contributed by atoms with Crippen LogP contribution in [0.4, 0.5) is 0 Å². The van der Waals surface area contributed by atoms with Gasteiger partial charge >= 0.3 is 0 Å². The van der Waals surface area contributed by atoms with Gasteiger partial charge in [0.25, 0.3) is 0 Å². The van der Waals surface area contributed by atoms with E-state index in [4.69, 9.17) is 56.5 Å². The fourth-order valence-electron chi connectivity index (χ4n) is 2.65. The number of benzene rings is 2. The molecule has 0 bridgehead atoms. The number of nitrogens with zero attached hydrogens (tertiary/aromatic N) is 3. The molecule has 0 fully saturated rings. The van der Waals surface area contributed by atoms with E-state index in [9.17, 15) is 0 Å². The summed E-state index contributed by atoms with van der Waals surface area (Å²) in [6.45, 7) is 4.18. The number of methoxy groups -OCH3 is 1. The number of H-pyrrole nitrogens is 1. The second-order valence-corrected chi connectivity index (χ2v) is 8.20. The van der Waals surface area contributed by atoms with Crippen molar-refractivity contribution >= 4 is 53.2 Å². The first-order chi connectivity index (χ1) is 14.3. The van der Waals surface area contributed by atoms with Crippen LogP contribution in [0.25, 0.3) is 0 Å². The van der Waals surface area contributed by atoms with Crippen LogP contribution in [0.3, 0.4) is 0 Å². The van der Waals surface area contributed by atoms with Crippen molar-refractivity contribution in [1.82, 2.24) is 14.9 Å². The maximum atomic E-state index is 6.24. The molecular weight excluding hydrogens is 467 g/mol. The third kappa shape index (κ3) is 4.98. The number of hydrogen-bond acceptors (Lipinski definition) is 5. The quantitative estimate of drug-likeness (QED) is 0.236. The maximum absolute atomic E-state index is 6.24. The van der Waals surface area contributed by atoms with Gasteiger partial charge in [-0.05, 0) is 48.1 Å². The van der Waals surface area contributed by atoms with Crippen molar-refractivity contribution in [3.05, 3.63) is 67.1 Å². The predicted octanol–water partition coefficient (Wildman–Crippen LogP) is 6.49. The van der Waals surface area contributed by atoms with Gasteiger partial charge in [-0.15, -0.1) is 0 Å². The van der Waals surface area contributed by atoms with Crippen LogP contribution in [0, 0.1) is 4.77 Å². The molecule has 0 saturated carbocycles. The van der Waals surface area contributed by atoms with Crippen molar-refractivity contribution in [2.24, 2.45) is 5.10 Å². The minimum absolute atomic E-state index is 0.143. The Morgan fingerprint density at radius 3 is 2.60 bits per heavy atom. The van der Waals surface area contributed by atoms with E-state index >= 15 is 0 Å². The normalized spacial score (nSPS) is 11.4. The first-order valence-electron chi connectivity index (χ1n) is 8.96. The Kier molecular flexibility index (Phi) is 7.41. The Hall–Kier alpha value is -2.06. The second kappa shape index (κ2) is 9.83. The SMILES string of the molecule is COc1cc(/C=N\n2c(C(C)C)n[nH]c2=S)ccc1OCc1c(Cl)ccc(Cl)c1Cl. The molecule has 10 heteroatoms. The molecule has 0 aliphatic carbocycles. The van der Waals surface area contributed by atoms with Gasteiger partial charge < -0.3 is 9.47 Å². The summed E-state index contributed by atoms with van der Waals surface area (Å²) in [6, 6.07) is 8.75. The maximum Gasteiger partial charge on any atom is 0.216 e. The van der Waals surface area contributed by atoms with Crippen molar-refractivity contribution < 1.29 is 9.47 Å². The zero-order chi connectivity index (χ0) is 21.8. The van der Waals surface area contributed by atoms with Gasteiger partial charge in [-0.3, -0.25) is 5.10 Å². The zero-order valence-electron chi connectivity index (χ0n) is 16.4. The number of halogens is 3. The van der Waals surface area contributed by atoms with E-state index in [1.807, 2.05) is 19.9 Å². The van der Waals surface area contributed by atoms with Gasteiger partial charge in [0.15, 0.2) is 17.3 Å². The summed E-state index contributed by atoms with van der Waals surface area (Å²) in [4.78, 5) is 0. The van der Waals surface area contributed by atoms with Gasteiger partial charge in [-0.2, -0.15) is 14.9 Å². The molecule has 30 heavy (non-hydrogen) atoms. The van der Waals surface area contributed by atoms with E-state index in [2.05, 4.69) is 15.3 Å². The van der Waals surface area contributed by atoms with Crippen molar-refractivity contribution in [3.63, 3.8) is 0 Å². The Morgan fingerprint density at radius 2 is 1.90 bits per heavy atom. The largest absolute Gasteiger partial charge is 0.493 e. The van der Waals surface area contributed by atoms with Crippen molar-refractivity contribution in [2.45, 2.75) is 26.4 Å². The number of rotatable bonds is 7. The highest BCUT2D eigenvalue weighted by molar-refractivity contribution is 7.71. The number of nitrogens with one attached hydrogen (secondary N) is 1. The van der Waals surface area contributed by atoms with Gasteiger partial charge in [0.2, 0.25) is 4.77 Å². The smallest absolute Gasteiger partial charge is 0.216 e. The van der Waals surface area contributed by atoms with Gasteiger partial charge in [0, 0.05) is 16.5 Å². The molecule has 0 atom stereocenters. The summed E-state index contributed by atoms with van der Waals surface area (Å²) in [5, 5.41) is 12.7. The summed E-state index contributed by atoms with van der Waals surface area (Å²) in [5.74, 6) is 1.99. The van der Waals surface area contributed by atoms with E-state index < -0.39 is 0 Å². The minimum atomic E-state index is 0.143. The average molecular weight is 486 g/mol. The van der Waals surface area contributed by atoms with Crippen LogP contribution in [-0.4, -0.2) is 28.2 Å². The van der Waals surface area contributed by atoms with Crippen LogP contribution in [0.2, 0.25) is 15.1 Å². The van der Waals surface area contributed by atoms with Crippen LogP contribution in [0.5, 0.6) is 11.5 Å². The highest BCUT2D eigenvalue weighted by atomic mass is 35.5. The molecule has 1 aromatic heterocycles. The lowest BCUT2D eigenvalue weighted by atomic mass is 10.2. The Labute approximate surface area is 194 Å². The molecule has 2 aromatic carbocycles. The first kappa shape index (κ1) is 22.6. The van der Waals surface area contributed by atoms with E-state index in [1.54, 1.807) is 42.3 Å². The third-order valence-electron chi connectivity index (χ3n) is 4.21. The van der Waals surface area contributed by atoms with Crippen LogP contribution >= 0.6 is 47.0 Å². The van der Waals surface area contributed by atoms with Crippen LogP contribution in [-0.2, 0) is 6.61 Å². The van der Waals surface area contributed by atoms with Gasteiger partial charge in [0.05, 0.1) is 23.4 Å². The van der Waals surface area contributed by atoms with Gasteiger partial charge in [-0.1, -0.05) is 48.7 Å². The van der Waals surface area contributed by atoms with Crippen LogP contribution in [0.1, 0.15) is 36.7 Å². The molecule has 3 aromatic rings. The van der Waals surface area contributed by atoms with E-state index in [0.717, 1.165) is 11.4 Å². The molecule has 1 heterocycles. The average Bonchev–Trinajstić information content (AvgIpc) is 3.10. The third-order valence-corrected chi connectivity index (χ3v) is 5.67. The molecule has 0 unspecified atom stereocenters. The topological polar surface area (TPSA) is 64.4 Å². The van der Waals surface area contributed by atoms with E-state index in [0.29, 0.717) is 36.9 Å². The monoisotopic (exact) mass is 484 g/mol. The Bertz CT molecular complexity index is 1140. The summed E-state index contributed by atoms with van der Waals surface area (Å²) < 4.78 is 13.4. The Balaban J connectivity index is 1.82. The second-order valence-electron chi connectivity index (χ2n) is 6.62. The number of aromatic nitrogens is 3. The molecule has 0 radical (unpaired) electrons. The molecule has 0 amide bonds. The molecule has 1 N–H and O–H groups in total. The zero-order valence-corrected chi connectivity index (χ0v) is 19.5. The molecule has 0 spiro atoms. The van der Waals surface area contributed by atoms with Crippen molar-refractivity contribution in [3.8, 4) is 11.5 Å². The lowest BCUT2D eigenvalue weighted by molar-refractivity contribution is 0.284. The lowest BCUT2D eigenvalue weighted by Crippen LogP contribution is -2.02. The highest BCUT2D eigenvalue weighted by Gasteiger charge is 2.13. The fraction of sp³-hybridized carbons (Fsp3) is 0.250. The number of ether oxygens (including phenoxy) is 2. The predicted molar refractivity (Wildman–Crippen MR) is 123 cm³/mol. The molecule has 0 aliphatic rings. The molecular formula is C20H19Cl3N4O2S. The first-order valence-corrected chi connectivity index (χ1v) is 10.5. The van der Waals surface area contributed by atoms with E-state index in [1.165, 1.54) is 0 Å². The highest BCUT2D eigenvalue weighted by Crippen LogP contribution is 2.34. The summed E-state index contributed by atoms with van der Waals surface area (Å²) >= 11 is 23.8. The lowest BCUT2D eigenvalue weighted by Gasteiger charge is -2.13. The minimum Gasteiger partial charge on any atom is -0.493 e.